The summed E-state index contributed by atoms with van der Waals surface area (Å²) >= 11 is 0. The van der Waals surface area contributed by atoms with Crippen molar-refractivity contribution < 1.29 is 13.2 Å². The van der Waals surface area contributed by atoms with Crippen LogP contribution in [0.15, 0.2) is 59.5 Å². The molecule has 1 fully saturated rings. The van der Waals surface area contributed by atoms with Crippen molar-refractivity contribution in [3.8, 4) is 0 Å². The minimum absolute atomic E-state index is 0.0764. The van der Waals surface area contributed by atoms with E-state index < -0.39 is 10.0 Å². The predicted octanol–water partition coefficient (Wildman–Crippen LogP) is 1.68. The molecule has 138 valence electrons. The number of amides is 1. The summed E-state index contributed by atoms with van der Waals surface area (Å²) in [6.45, 7) is 2.06. The Kier molecular flexibility index (Phi) is 5.70. The molecule has 0 radical (unpaired) electrons. The molecule has 0 spiro atoms. The van der Waals surface area contributed by atoms with E-state index in [1.165, 1.54) is 4.31 Å². The van der Waals surface area contributed by atoms with Gasteiger partial charge in [0.1, 0.15) is 0 Å². The third-order valence-corrected chi connectivity index (χ3v) is 6.47. The van der Waals surface area contributed by atoms with Crippen LogP contribution in [0.3, 0.4) is 0 Å². The second-order valence-corrected chi connectivity index (χ2v) is 8.20. The maximum Gasteiger partial charge on any atom is 0.253 e. The van der Waals surface area contributed by atoms with Crippen LogP contribution in [0.4, 0.5) is 0 Å². The van der Waals surface area contributed by atoms with Crippen LogP contribution in [0, 0.1) is 0 Å². The van der Waals surface area contributed by atoms with Crippen LogP contribution >= 0.6 is 0 Å². The van der Waals surface area contributed by atoms with Crippen LogP contribution < -0.4 is 5.73 Å². The molecule has 2 aromatic rings. The third kappa shape index (κ3) is 3.95. The van der Waals surface area contributed by atoms with Gasteiger partial charge in [-0.05, 0) is 36.2 Å². The lowest BCUT2D eigenvalue weighted by molar-refractivity contribution is 0.0764. The number of sulfonamides is 1. The van der Waals surface area contributed by atoms with Crippen molar-refractivity contribution in [3.05, 3.63) is 65.7 Å². The molecule has 0 unspecified atom stereocenters. The molecule has 1 aliphatic heterocycles. The van der Waals surface area contributed by atoms with Gasteiger partial charge in [0, 0.05) is 38.3 Å². The van der Waals surface area contributed by atoms with Gasteiger partial charge in [-0.15, -0.1) is 0 Å². The van der Waals surface area contributed by atoms with Crippen molar-refractivity contribution in [3.63, 3.8) is 0 Å². The van der Waals surface area contributed by atoms with Crippen molar-refractivity contribution in [1.29, 1.82) is 0 Å². The molecule has 0 aromatic heterocycles. The number of benzene rings is 2. The summed E-state index contributed by atoms with van der Waals surface area (Å²) in [6, 6.07) is 15.6. The van der Waals surface area contributed by atoms with E-state index in [1.54, 1.807) is 47.4 Å². The van der Waals surface area contributed by atoms with Crippen molar-refractivity contribution in [1.82, 2.24) is 9.21 Å². The molecule has 1 amide bonds. The van der Waals surface area contributed by atoms with E-state index in [-0.39, 0.29) is 10.8 Å². The topological polar surface area (TPSA) is 83.7 Å². The molecule has 1 heterocycles. The normalized spacial score (nSPS) is 16.3. The number of carbonyl (C=O) groups is 1. The first-order valence-corrected chi connectivity index (χ1v) is 10.1. The van der Waals surface area contributed by atoms with Crippen LogP contribution in [0.1, 0.15) is 22.3 Å². The zero-order valence-corrected chi connectivity index (χ0v) is 15.4. The number of carbonyl (C=O) groups excluding carboxylic acids is 1. The molecule has 3 rings (SSSR count). The first-order valence-electron chi connectivity index (χ1n) is 8.66. The van der Waals surface area contributed by atoms with Gasteiger partial charge in [-0.2, -0.15) is 4.31 Å². The molecule has 0 atom stereocenters. The fraction of sp³-hybridized carbons (Fsp3) is 0.316. The van der Waals surface area contributed by atoms with E-state index in [9.17, 15) is 13.2 Å². The second-order valence-electron chi connectivity index (χ2n) is 6.26. The quantitative estimate of drug-likeness (QED) is 0.884. The summed E-state index contributed by atoms with van der Waals surface area (Å²) in [5.74, 6) is -0.0764. The van der Waals surface area contributed by atoms with Gasteiger partial charge in [-0.1, -0.05) is 30.3 Å². The average Bonchev–Trinajstić information content (AvgIpc) is 2.95. The van der Waals surface area contributed by atoms with E-state index >= 15 is 0 Å². The van der Waals surface area contributed by atoms with E-state index in [0.717, 1.165) is 5.56 Å². The van der Waals surface area contributed by atoms with Gasteiger partial charge in [0.15, 0.2) is 0 Å². The second kappa shape index (κ2) is 7.99. The van der Waals surface area contributed by atoms with Crippen molar-refractivity contribution in [2.45, 2.75) is 17.9 Å². The van der Waals surface area contributed by atoms with Gasteiger partial charge in [0.25, 0.3) is 5.91 Å². The minimum Gasteiger partial charge on any atom is -0.337 e. The summed E-state index contributed by atoms with van der Waals surface area (Å²) in [7, 11) is -3.53. The van der Waals surface area contributed by atoms with Gasteiger partial charge in [-0.25, -0.2) is 8.42 Å². The highest BCUT2D eigenvalue weighted by Gasteiger charge is 2.28. The Hall–Kier alpha value is -2.22. The minimum atomic E-state index is -3.53. The van der Waals surface area contributed by atoms with Crippen molar-refractivity contribution in [2.75, 3.05) is 26.2 Å². The first kappa shape index (κ1) is 18.6. The highest BCUT2D eigenvalue weighted by Crippen LogP contribution is 2.18. The fourth-order valence-electron chi connectivity index (χ4n) is 3.04. The summed E-state index contributed by atoms with van der Waals surface area (Å²) in [5, 5.41) is 0. The van der Waals surface area contributed by atoms with Crippen LogP contribution in [-0.2, 0) is 16.6 Å². The lowest BCUT2D eigenvalue weighted by Crippen LogP contribution is -2.37. The molecule has 0 bridgehead atoms. The molecule has 2 N–H and O–H groups in total. The van der Waals surface area contributed by atoms with Crippen LogP contribution in [-0.4, -0.2) is 49.7 Å². The maximum atomic E-state index is 12.8. The van der Waals surface area contributed by atoms with E-state index in [1.807, 2.05) is 12.1 Å². The number of nitrogens with two attached hydrogens (primary N) is 1. The summed E-state index contributed by atoms with van der Waals surface area (Å²) < 4.78 is 27.0. The maximum absolute atomic E-state index is 12.8. The van der Waals surface area contributed by atoms with Gasteiger partial charge in [0.2, 0.25) is 10.0 Å². The van der Waals surface area contributed by atoms with E-state index in [4.69, 9.17) is 5.73 Å². The molecule has 1 aliphatic rings. The van der Waals surface area contributed by atoms with Crippen LogP contribution in [0.5, 0.6) is 0 Å². The standard InChI is InChI=1S/C19H23N3O3S/c20-15-16-7-9-17(10-8-16)19(23)21-11-4-12-22(14-13-21)26(24,25)18-5-2-1-3-6-18/h1-3,5-10H,4,11-15,20H2. The Labute approximate surface area is 154 Å². The molecule has 2 aromatic carbocycles. The van der Waals surface area contributed by atoms with Gasteiger partial charge in [-0.3, -0.25) is 4.79 Å². The van der Waals surface area contributed by atoms with E-state index in [2.05, 4.69) is 0 Å². The van der Waals surface area contributed by atoms with Crippen molar-refractivity contribution in [2.24, 2.45) is 5.73 Å². The molecular weight excluding hydrogens is 350 g/mol. The fourth-order valence-corrected chi connectivity index (χ4v) is 4.54. The third-order valence-electron chi connectivity index (χ3n) is 4.56. The smallest absolute Gasteiger partial charge is 0.253 e. The predicted molar refractivity (Wildman–Crippen MR) is 100 cm³/mol. The molecule has 26 heavy (non-hydrogen) atoms. The molecule has 1 saturated heterocycles. The number of hydrogen-bond acceptors (Lipinski definition) is 4. The highest BCUT2D eigenvalue weighted by atomic mass is 32.2. The Morgan fingerprint density at radius 1 is 0.923 bits per heavy atom. The molecule has 0 aliphatic carbocycles. The zero-order valence-electron chi connectivity index (χ0n) is 14.5. The SMILES string of the molecule is NCc1ccc(C(=O)N2CCCN(S(=O)(=O)c3ccccc3)CC2)cc1. The molecule has 6 nitrogen and oxygen atoms in total. The van der Waals surface area contributed by atoms with E-state index in [0.29, 0.717) is 44.7 Å². The summed E-state index contributed by atoms with van der Waals surface area (Å²) in [5.41, 5.74) is 7.15. The van der Waals surface area contributed by atoms with Crippen LogP contribution in [0.2, 0.25) is 0 Å². The highest BCUT2D eigenvalue weighted by molar-refractivity contribution is 7.89. The summed E-state index contributed by atoms with van der Waals surface area (Å²) in [6.07, 6.45) is 0.610. The Morgan fingerprint density at radius 2 is 1.62 bits per heavy atom. The monoisotopic (exact) mass is 373 g/mol. The summed E-state index contributed by atoms with van der Waals surface area (Å²) in [4.78, 5) is 14.7. The van der Waals surface area contributed by atoms with Gasteiger partial charge < -0.3 is 10.6 Å². The number of rotatable bonds is 4. The van der Waals surface area contributed by atoms with Crippen LogP contribution in [0.25, 0.3) is 0 Å². The first-order chi connectivity index (χ1) is 12.5. The number of hydrogen-bond donors (Lipinski definition) is 1. The van der Waals surface area contributed by atoms with Gasteiger partial charge in [0.05, 0.1) is 4.90 Å². The largest absolute Gasteiger partial charge is 0.337 e. The lowest BCUT2D eigenvalue weighted by Gasteiger charge is -2.22. The molecule has 7 heteroatoms. The van der Waals surface area contributed by atoms with Gasteiger partial charge >= 0.3 is 0 Å². The lowest BCUT2D eigenvalue weighted by atomic mass is 10.1. The number of nitrogens with zero attached hydrogens (tertiary/aromatic N) is 2. The zero-order chi connectivity index (χ0) is 18.6. The molecule has 0 saturated carbocycles. The van der Waals surface area contributed by atoms with Crippen molar-refractivity contribution >= 4 is 15.9 Å². The molecular formula is C19H23N3O3S. The average molecular weight is 373 g/mol. The Morgan fingerprint density at radius 3 is 2.27 bits per heavy atom. The Bertz CT molecular complexity index is 851. The Balaban J connectivity index is 1.70.